The molecule has 1 aliphatic heterocycles. The van der Waals surface area contributed by atoms with Crippen molar-refractivity contribution in [2.75, 3.05) is 6.61 Å². The predicted octanol–water partition coefficient (Wildman–Crippen LogP) is -0.266. The van der Waals surface area contributed by atoms with Gasteiger partial charge in [-0.15, -0.1) is 0 Å². The monoisotopic (exact) mass is 260 g/mol. The molecule has 0 aromatic carbocycles. The zero-order valence-corrected chi connectivity index (χ0v) is 9.71. The van der Waals surface area contributed by atoms with Crippen LogP contribution in [-0.2, 0) is 28.6 Å². The number of aliphatic hydroxyl groups excluding tert-OH is 2. The molecule has 0 spiro atoms. The van der Waals surface area contributed by atoms with Crippen LogP contribution in [0.5, 0.6) is 0 Å². The number of carbonyl (C=O) groups excluding carboxylic acids is 3. The van der Waals surface area contributed by atoms with Crippen molar-refractivity contribution in [3.63, 3.8) is 0 Å². The summed E-state index contributed by atoms with van der Waals surface area (Å²) < 4.78 is 14.0. The molecule has 0 aromatic heterocycles. The number of hydrogen-bond donors (Lipinski definition) is 2. The molecule has 0 amide bonds. The van der Waals surface area contributed by atoms with Crippen LogP contribution in [0, 0.1) is 0 Å². The summed E-state index contributed by atoms with van der Waals surface area (Å²) in [4.78, 5) is 32.5. The second kappa shape index (κ2) is 5.39. The molecule has 0 fully saturated rings. The molecule has 8 nitrogen and oxygen atoms in total. The highest BCUT2D eigenvalue weighted by molar-refractivity contribution is 5.89. The Balaban J connectivity index is 2.80. The SMILES string of the molecule is CC(=O)OC[C@H](OC(C)=O)[C@H]1OC(=O)C(O)=C1O. The lowest BCUT2D eigenvalue weighted by Crippen LogP contribution is -2.37. The molecule has 0 aliphatic carbocycles. The molecule has 0 unspecified atom stereocenters. The van der Waals surface area contributed by atoms with Crippen molar-refractivity contribution >= 4 is 17.9 Å². The Morgan fingerprint density at radius 3 is 2.33 bits per heavy atom. The quantitative estimate of drug-likeness (QED) is 0.523. The van der Waals surface area contributed by atoms with Gasteiger partial charge in [-0.25, -0.2) is 4.79 Å². The fraction of sp³-hybridized carbons (Fsp3) is 0.500. The van der Waals surface area contributed by atoms with E-state index in [-0.39, 0.29) is 0 Å². The average Bonchev–Trinajstić information content (AvgIpc) is 2.51. The maximum atomic E-state index is 11.0. The van der Waals surface area contributed by atoms with E-state index in [4.69, 9.17) is 9.84 Å². The molecular weight excluding hydrogens is 248 g/mol. The van der Waals surface area contributed by atoms with Gasteiger partial charge in [0.05, 0.1) is 0 Å². The zero-order chi connectivity index (χ0) is 13.9. The van der Waals surface area contributed by atoms with Crippen LogP contribution >= 0.6 is 0 Å². The van der Waals surface area contributed by atoms with Crippen LogP contribution in [-0.4, -0.2) is 46.9 Å². The second-order valence-corrected chi connectivity index (χ2v) is 3.51. The Morgan fingerprint density at radius 1 is 1.33 bits per heavy atom. The first-order valence-electron chi connectivity index (χ1n) is 4.96. The van der Waals surface area contributed by atoms with Gasteiger partial charge in [0.25, 0.3) is 0 Å². The first-order chi connectivity index (χ1) is 8.32. The van der Waals surface area contributed by atoms with Crippen molar-refractivity contribution in [1.29, 1.82) is 0 Å². The first kappa shape index (κ1) is 13.8. The van der Waals surface area contributed by atoms with E-state index >= 15 is 0 Å². The molecular formula is C10H12O8. The molecule has 2 N–H and O–H groups in total. The lowest BCUT2D eigenvalue weighted by atomic mass is 10.2. The molecule has 1 heterocycles. The maximum Gasteiger partial charge on any atom is 0.378 e. The van der Waals surface area contributed by atoms with E-state index in [0.717, 1.165) is 13.8 Å². The summed E-state index contributed by atoms with van der Waals surface area (Å²) in [7, 11) is 0. The summed E-state index contributed by atoms with van der Waals surface area (Å²) in [5.74, 6) is -4.22. The Bertz CT molecular complexity index is 410. The van der Waals surface area contributed by atoms with E-state index in [0.29, 0.717) is 0 Å². The number of esters is 3. The Hall–Kier alpha value is -2.25. The summed E-state index contributed by atoms with van der Waals surface area (Å²) in [6.45, 7) is 1.82. The van der Waals surface area contributed by atoms with Crippen LogP contribution in [0.15, 0.2) is 11.5 Å². The van der Waals surface area contributed by atoms with E-state index in [1.807, 2.05) is 0 Å². The van der Waals surface area contributed by atoms with Crippen molar-refractivity contribution in [2.24, 2.45) is 0 Å². The fourth-order valence-electron chi connectivity index (χ4n) is 1.31. The number of rotatable bonds is 4. The van der Waals surface area contributed by atoms with Crippen molar-refractivity contribution in [3.05, 3.63) is 11.5 Å². The number of carbonyl (C=O) groups is 3. The molecule has 100 valence electrons. The highest BCUT2D eigenvalue weighted by Crippen LogP contribution is 2.23. The highest BCUT2D eigenvalue weighted by atomic mass is 16.6. The van der Waals surface area contributed by atoms with Gasteiger partial charge in [0.2, 0.25) is 11.9 Å². The molecule has 2 atom stereocenters. The Morgan fingerprint density at radius 2 is 1.94 bits per heavy atom. The summed E-state index contributed by atoms with van der Waals surface area (Å²) in [5.41, 5.74) is 0. The standard InChI is InChI=1S/C10H12O8/c1-4(11)16-3-6(17-5(2)12)9-7(13)8(14)10(15)18-9/h6,9,13-14H,3H2,1-2H3/t6-,9+/m0/s1. The number of ether oxygens (including phenoxy) is 3. The zero-order valence-electron chi connectivity index (χ0n) is 9.71. The van der Waals surface area contributed by atoms with Gasteiger partial charge in [-0.2, -0.15) is 0 Å². The third-order valence-electron chi connectivity index (χ3n) is 2.05. The van der Waals surface area contributed by atoms with Crippen molar-refractivity contribution in [2.45, 2.75) is 26.1 Å². The molecule has 0 aromatic rings. The molecule has 1 aliphatic rings. The number of hydrogen-bond acceptors (Lipinski definition) is 8. The van der Waals surface area contributed by atoms with E-state index in [9.17, 15) is 19.5 Å². The van der Waals surface area contributed by atoms with Crippen molar-refractivity contribution in [3.8, 4) is 0 Å². The smallest absolute Gasteiger partial charge is 0.378 e. The first-order valence-corrected chi connectivity index (χ1v) is 4.96. The highest BCUT2D eigenvalue weighted by Gasteiger charge is 2.42. The number of cyclic esters (lactones) is 1. The average molecular weight is 260 g/mol. The van der Waals surface area contributed by atoms with Gasteiger partial charge in [-0.05, 0) is 0 Å². The lowest BCUT2D eigenvalue weighted by molar-refractivity contribution is -0.168. The molecule has 0 saturated carbocycles. The van der Waals surface area contributed by atoms with Gasteiger partial charge < -0.3 is 24.4 Å². The summed E-state index contributed by atoms with van der Waals surface area (Å²) in [6, 6.07) is 0. The predicted molar refractivity (Wildman–Crippen MR) is 54.4 cm³/mol. The van der Waals surface area contributed by atoms with Gasteiger partial charge in [0.1, 0.15) is 6.61 Å². The number of aliphatic hydroxyl groups is 2. The van der Waals surface area contributed by atoms with E-state index in [1.54, 1.807) is 0 Å². The summed E-state index contributed by atoms with van der Waals surface area (Å²) in [5, 5.41) is 18.5. The summed E-state index contributed by atoms with van der Waals surface area (Å²) >= 11 is 0. The van der Waals surface area contributed by atoms with Crippen molar-refractivity contribution < 1.29 is 38.8 Å². The molecule has 0 saturated heterocycles. The molecule has 1 rings (SSSR count). The molecule has 8 heteroatoms. The van der Waals surface area contributed by atoms with Crippen LogP contribution in [0.4, 0.5) is 0 Å². The van der Waals surface area contributed by atoms with Gasteiger partial charge in [0, 0.05) is 13.8 Å². The fourth-order valence-corrected chi connectivity index (χ4v) is 1.31. The minimum Gasteiger partial charge on any atom is -0.505 e. The molecule has 18 heavy (non-hydrogen) atoms. The third-order valence-corrected chi connectivity index (χ3v) is 2.05. The largest absolute Gasteiger partial charge is 0.505 e. The lowest BCUT2D eigenvalue weighted by Gasteiger charge is -2.21. The third kappa shape index (κ3) is 3.12. The van der Waals surface area contributed by atoms with E-state index < -0.39 is 48.2 Å². The van der Waals surface area contributed by atoms with Crippen LogP contribution < -0.4 is 0 Å². The Labute approximate surface area is 102 Å². The van der Waals surface area contributed by atoms with Gasteiger partial charge in [0.15, 0.2) is 11.9 Å². The Kier molecular flexibility index (Phi) is 4.13. The van der Waals surface area contributed by atoms with Gasteiger partial charge >= 0.3 is 17.9 Å². The minimum atomic E-state index is -1.39. The molecule has 0 radical (unpaired) electrons. The normalized spacial score (nSPS) is 20.3. The minimum absolute atomic E-state index is 0.412. The summed E-state index contributed by atoms with van der Waals surface area (Å²) in [6.07, 6.45) is -2.61. The van der Waals surface area contributed by atoms with Crippen molar-refractivity contribution in [1.82, 2.24) is 0 Å². The molecule has 0 bridgehead atoms. The van der Waals surface area contributed by atoms with Crippen LogP contribution in [0.2, 0.25) is 0 Å². The second-order valence-electron chi connectivity index (χ2n) is 3.51. The van der Waals surface area contributed by atoms with Crippen LogP contribution in [0.3, 0.4) is 0 Å². The van der Waals surface area contributed by atoms with E-state index in [1.165, 1.54) is 0 Å². The van der Waals surface area contributed by atoms with E-state index in [2.05, 4.69) is 9.47 Å². The topological polar surface area (TPSA) is 119 Å². The van der Waals surface area contributed by atoms with Gasteiger partial charge in [-0.3, -0.25) is 9.59 Å². The maximum absolute atomic E-state index is 11.0. The van der Waals surface area contributed by atoms with Gasteiger partial charge in [-0.1, -0.05) is 0 Å². The van der Waals surface area contributed by atoms with Crippen LogP contribution in [0.1, 0.15) is 13.8 Å². The van der Waals surface area contributed by atoms with Crippen LogP contribution in [0.25, 0.3) is 0 Å².